The van der Waals surface area contributed by atoms with E-state index in [4.69, 9.17) is 5.11 Å². The van der Waals surface area contributed by atoms with Crippen molar-refractivity contribution in [3.05, 3.63) is 0 Å². The standard InChI is InChI=1S/C11H19NO3/c1-11(2,8-3-4-8)7-12-9(13)5-6-10(14)15/h8H,3-7H2,1-2H3,(H,12,13)(H,14,15). The molecule has 1 rings (SSSR count). The van der Waals surface area contributed by atoms with Gasteiger partial charge in [-0.1, -0.05) is 13.8 Å². The van der Waals surface area contributed by atoms with Gasteiger partial charge in [0.2, 0.25) is 5.91 Å². The largest absolute Gasteiger partial charge is 0.481 e. The lowest BCUT2D eigenvalue weighted by Gasteiger charge is -2.24. The molecule has 2 N–H and O–H groups in total. The second kappa shape index (κ2) is 4.64. The Hall–Kier alpha value is -1.06. The van der Waals surface area contributed by atoms with Crippen LogP contribution < -0.4 is 5.32 Å². The van der Waals surface area contributed by atoms with Crippen LogP contribution >= 0.6 is 0 Å². The van der Waals surface area contributed by atoms with Crippen molar-refractivity contribution in [3.63, 3.8) is 0 Å². The average molecular weight is 213 g/mol. The van der Waals surface area contributed by atoms with Crippen LogP contribution in [0.15, 0.2) is 0 Å². The number of carbonyl (C=O) groups excluding carboxylic acids is 1. The number of hydrogen-bond donors (Lipinski definition) is 2. The van der Waals surface area contributed by atoms with E-state index in [9.17, 15) is 9.59 Å². The lowest BCUT2D eigenvalue weighted by atomic mass is 9.87. The summed E-state index contributed by atoms with van der Waals surface area (Å²) in [7, 11) is 0. The first kappa shape index (κ1) is 12.0. The number of rotatable bonds is 6. The van der Waals surface area contributed by atoms with Crippen LogP contribution in [-0.4, -0.2) is 23.5 Å². The Morgan fingerprint density at radius 3 is 2.40 bits per heavy atom. The summed E-state index contributed by atoms with van der Waals surface area (Å²) < 4.78 is 0. The molecule has 0 radical (unpaired) electrons. The minimum Gasteiger partial charge on any atom is -0.481 e. The van der Waals surface area contributed by atoms with Gasteiger partial charge in [0.25, 0.3) is 0 Å². The molecule has 4 nitrogen and oxygen atoms in total. The lowest BCUT2D eigenvalue weighted by molar-refractivity contribution is -0.138. The van der Waals surface area contributed by atoms with E-state index in [1.54, 1.807) is 0 Å². The second-order valence-electron chi connectivity index (χ2n) is 4.93. The number of aliphatic carboxylic acids is 1. The Bertz CT molecular complexity index is 257. The third-order valence-corrected chi connectivity index (χ3v) is 2.99. The minimum atomic E-state index is -0.924. The van der Waals surface area contributed by atoms with Gasteiger partial charge in [-0.3, -0.25) is 9.59 Å². The van der Waals surface area contributed by atoms with Gasteiger partial charge in [0.1, 0.15) is 0 Å². The Morgan fingerprint density at radius 2 is 1.93 bits per heavy atom. The molecule has 0 saturated heterocycles. The fourth-order valence-electron chi connectivity index (χ4n) is 1.64. The van der Waals surface area contributed by atoms with E-state index in [1.165, 1.54) is 12.8 Å². The van der Waals surface area contributed by atoms with E-state index in [0.717, 1.165) is 5.92 Å². The fraction of sp³-hybridized carbons (Fsp3) is 0.818. The number of carboxylic acids is 1. The smallest absolute Gasteiger partial charge is 0.303 e. The van der Waals surface area contributed by atoms with Gasteiger partial charge >= 0.3 is 5.97 Å². The number of carboxylic acid groups (broad SMARTS) is 1. The molecule has 4 heteroatoms. The molecule has 0 atom stereocenters. The van der Waals surface area contributed by atoms with Gasteiger partial charge in [-0.15, -0.1) is 0 Å². The molecule has 1 amide bonds. The molecule has 0 spiro atoms. The molecule has 1 fully saturated rings. The van der Waals surface area contributed by atoms with Crippen molar-refractivity contribution < 1.29 is 14.7 Å². The lowest BCUT2D eigenvalue weighted by Crippen LogP contribution is -2.35. The predicted octanol–water partition coefficient (Wildman–Crippen LogP) is 1.40. The molecule has 0 bridgehead atoms. The van der Waals surface area contributed by atoms with Gasteiger partial charge in [-0.25, -0.2) is 0 Å². The van der Waals surface area contributed by atoms with Gasteiger partial charge < -0.3 is 10.4 Å². The summed E-state index contributed by atoms with van der Waals surface area (Å²) in [6, 6.07) is 0. The number of amides is 1. The maximum absolute atomic E-state index is 11.3. The third kappa shape index (κ3) is 4.32. The van der Waals surface area contributed by atoms with Crippen molar-refractivity contribution >= 4 is 11.9 Å². The molecule has 0 aromatic rings. The highest BCUT2D eigenvalue weighted by molar-refractivity contribution is 5.80. The topological polar surface area (TPSA) is 66.4 Å². The molecular formula is C11H19NO3. The first-order valence-corrected chi connectivity index (χ1v) is 5.40. The van der Waals surface area contributed by atoms with Crippen molar-refractivity contribution in [3.8, 4) is 0 Å². The Labute approximate surface area is 90.0 Å². The normalized spacial score (nSPS) is 16.1. The van der Waals surface area contributed by atoms with E-state index in [1.807, 2.05) is 0 Å². The zero-order chi connectivity index (χ0) is 11.5. The van der Waals surface area contributed by atoms with E-state index in [0.29, 0.717) is 6.54 Å². The second-order valence-corrected chi connectivity index (χ2v) is 4.93. The summed E-state index contributed by atoms with van der Waals surface area (Å²) in [5.74, 6) is -0.366. The summed E-state index contributed by atoms with van der Waals surface area (Å²) in [6.45, 7) is 4.93. The van der Waals surface area contributed by atoms with Crippen molar-refractivity contribution in [2.75, 3.05) is 6.54 Å². The number of nitrogens with one attached hydrogen (secondary N) is 1. The highest BCUT2D eigenvalue weighted by Gasteiger charge is 2.37. The van der Waals surface area contributed by atoms with Crippen molar-refractivity contribution in [1.82, 2.24) is 5.32 Å². The van der Waals surface area contributed by atoms with Gasteiger partial charge in [0, 0.05) is 13.0 Å². The quantitative estimate of drug-likeness (QED) is 0.701. The predicted molar refractivity (Wildman–Crippen MR) is 56.4 cm³/mol. The molecule has 15 heavy (non-hydrogen) atoms. The maximum Gasteiger partial charge on any atom is 0.303 e. The fourth-order valence-corrected chi connectivity index (χ4v) is 1.64. The molecule has 0 aliphatic heterocycles. The summed E-state index contributed by atoms with van der Waals surface area (Å²) >= 11 is 0. The average Bonchev–Trinajstić information content (AvgIpc) is 2.94. The van der Waals surface area contributed by atoms with Crippen LogP contribution in [0.4, 0.5) is 0 Å². The molecule has 0 aromatic heterocycles. The van der Waals surface area contributed by atoms with E-state index in [2.05, 4.69) is 19.2 Å². The van der Waals surface area contributed by atoms with Crippen LogP contribution in [0.3, 0.4) is 0 Å². The summed E-state index contributed by atoms with van der Waals surface area (Å²) in [4.78, 5) is 21.5. The summed E-state index contributed by atoms with van der Waals surface area (Å²) in [6.07, 6.45) is 2.49. The maximum atomic E-state index is 11.3. The molecule has 1 saturated carbocycles. The van der Waals surface area contributed by atoms with E-state index < -0.39 is 5.97 Å². The molecular weight excluding hydrogens is 194 g/mol. The Balaban J connectivity index is 2.18. The van der Waals surface area contributed by atoms with Crippen molar-refractivity contribution in [2.45, 2.75) is 39.5 Å². The van der Waals surface area contributed by atoms with Crippen LogP contribution in [0.1, 0.15) is 39.5 Å². The highest BCUT2D eigenvalue weighted by Crippen LogP contribution is 2.44. The zero-order valence-corrected chi connectivity index (χ0v) is 9.38. The monoisotopic (exact) mass is 213 g/mol. The Kier molecular flexibility index (Phi) is 3.72. The molecule has 0 aromatic carbocycles. The van der Waals surface area contributed by atoms with Crippen LogP contribution in [0, 0.1) is 11.3 Å². The zero-order valence-electron chi connectivity index (χ0n) is 9.38. The van der Waals surface area contributed by atoms with Gasteiger partial charge in [-0.05, 0) is 24.2 Å². The third-order valence-electron chi connectivity index (χ3n) is 2.99. The molecule has 86 valence electrons. The van der Waals surface area contributed by atoms with E-state index in [-0.39, 0.29) is 24.2 Å². The van der Waals surface area contributed by atoms with Crippen molar-refractivity contribution in [1.29, 1.82) is 0 Å². The van der Waals surface area contributed by atoms with Crippen LogP contribution in [0.25, 0.3) is 0 Å². The first-order valence-electron chi connectivity index (χ1n) is 5.40. The van der Waals surface area contributed by atoms with Gasteiger partial charge in [0.05, 0.1) is 6.42 Å². The molecule has 0 heterocycles. The summed E-state index contributed by atoms with van der Waals surface area (Å²) in [5, 5.41) is 11.2. The van der Waals surface area contributed by atoms with Crippen LogP contribution in [-0.2, 0) is 9.59 Å². The van der Waals surface area contributed by atoms with Crippen molar-refractivity contribution in [2.24, 2.45) is 11.3 Å². The highest BCUT2D eigenvalue weighted by atomic mass is 16.4. The minimum absolute atomic E-state index is 0.0794. The number of hydrogen-bond acceptors (Lipinski definition) is 2. The number of carbonyl (C=O) groups is 2. The van der Waals surface area contributed by atoms with E-state index >= 15 is 0 Å². The van der Waals surface area contributed by atoms with Crippen LogP contribution in [0.5, 0.6) is 0 Å². The SMILES string of the molecule is CC(C)(CNC(=O)CCC(=O)O)C1CC1. The Morgan fingerprint density at radius 1 is 1.33 bits per heavy atom. The van der Waals surface area contributed by atoms with Crippen LogP contribution in [0.2, 0.25) is 0 Å². The molecule has 1 aliphatic carbocycles. The summed E-state index contributed by atoms with van der Waals surface area (Å²) in [5.41, 5.74) is 0.152. The van der Waals surface area contributed by atoms with Gasteiger partial charge in [0.15, 0.2) is 0 Å². The molecule has 0 unspecified atom stereocenters. The molecule has 1 aliphatic rings. The first-order chi connectivity index (χ1) is 6.92. The van der Waals surface area contributed by atoms with Gasteiger partial charge in [-0.2, -0.15) is 0 Å².